The summed E-state index contributed by atoms with van der Waals surface area (Å²) in [5.41, 5.74) is 8.93. The summed E-state index contributed by atoms with van der Waals surface area (Å²) in [7, 11) is 0. The molecule has 2 aliphatic heterocycles. The lowest BCUT2D eigenvalue weighted by molar-refractivity contribution is -0.165. The molecule has 6 rings (SSSR count). The number of hydrogen-bond acceptors (Lipinski definition) is 9. The fourth-order valence-corrected chi connectivity index (χ4v) is 8.75. The van der Waals surface area contributed by atoms with Crippen molar-refractivity contribution in [2.24, 2.45) is 0 Å². The van der Waals surface area contributed by atoms with Gasteiger partial charge < -0.3 is 24.8 Å². The zero-order valence-corrected chi connectivity index (χ0v) is 36.2. The van der Waals surface area contributed by atoms with E-state index in [9.17, 15) is 24.0 Å². The van der Waals surface area contributed by atoms with Gasteiger partial charge in [-0.2, -0.15) is 0 Å². The molecule has 5 heterocycles. The zero-order valence-electron chi connectivity index (χ0n) is 36.2. The molecule has 1 amide bonds. The van der Waals surface area contributed by atoms with E-state index >= 15 is 0 Å². The first kappa shape index (κ1) is 42.5. The van der Waals surface area contributed by atoms with Gasteiger partial charge in [-0.25, -0.2) is 9.78 Å². The highest BCUT2D eigenvalue weighted by atomic mass is 16.6. The molecule has 0 aromatic carbocycles. The van der Waals surface area contributed by atoms with Crippen molar-refractivity contribution >= 4 is 52.0 Å². The Morgan fingerprint density at radius 1 is 0.931 bits per heavy atom. The maximum atomic E-state index is 14.1. The van der Waals surface area contributed by atoms with Crippen molar-refractivity contribution in [2.75, 3.05) is 0 Å². The molecule has 58 heavy (non-hydrogen) atoms. The average molecular weight is 794 g/mol. The Morgan fingerprint density at radius 3 is 2.21 bits per heavy atom. The van der Waals surface area contributed by atoms with Crippen molar-refractivity contribution in [1.82, 2.24) is 25.3 Å². The number of Topliss-reactive ketones (excluding diaryl/α,β-unsaturated/α-hetero) is 1. The molecule has 3 N–H and O–H groups in total. The van der Waals surface area contributed by atoms with E-state index in [-0.39, 0.29) is 30.5 Å². The predicted octanol–water partition coefficient (Wildman–Crippen LogP) is 8.18. The van der Waals surface area contributed by atoms with E-state index in [4.69, 9.17) is 19.4 Å². The number of esters is 2. The van der Waals surface area contributed by atoms with Crippen LogP contribution in [0.25, 0.3) is 22.1 Å². The second-order valence-electron chi connectivity index (χ2n) is 18.3. The molecule has 0 fully saturated rings. The number of hydrogen-bond donors (Lipinski definition) is 3. The fraction of sp³-hybridized carbons (Fsp3) is 0.543. The van der Waals surface area contributed by atoms with E-state index in [2.05, 4.69) is 29.1 Å². The standard InChI is InChI=1S/C46H59N5O7/c1-13-26-24(4)38-30(22-52)39-25(5)28(17-18-36(53)48-34(43(56)58-45(9,10)11)21-37(54)57-44(6,7)8)41(51-39)29-16-15-27-23(3)31(49-40(27)29)19-33-42(55)46(12,14-2)35(47-33)20-32(26)50-38/h19-20,22,25,28,34,49-50H,13-18,21H2,1-12H3,(H,48,53)/t25-,28-,34-,46?/m0/s1. The molecule has 12 heteroatoms. The smallest absolute Gasteiger partial charge is 0.329 e. The third kappa shape index (κ3) is 7.99. The number of carbonyl (C=O) groups is 5. The molecule has 3 aliphatic rings. The molecule has 0 saturated heterocycles. The third-order valence-electron chi connectivity index (χ3n) is 12.0. The van der Waals surface area contributed by atoms with Gasteiger partial charge in [0.25, 0.3) is 0 Å². The van der Waals surface area contributed by atoms with Gasteiger partial charge in [0.1, 0.15) is 22.9 Å². The molecule has 1 aliphatic carbocycles. The van der Waals surface area contributed by atoms with Gasteiger partial charge in [-0.05, 0) is 134 Å². The highest BCUT2D eigenvalue weighted by molar-refractivity contribution is 6.05. The van der Waals surface area contributed by atoms with Crippen LogP contribution in [0.2, 0.25) is 0 Å². The molecular weight excluding hydrogens is 735 g/mol. The molecule has 0 radical (unpaired) electrons. The molecule has 1 unspecified atom stereocenters. The largest absolute Gasteiger partial charge is 0.460 e. The van der Waals surface area contributed by atoms with Gasteiger partial charge in [-0.1, -0.05) is 20.8 Å². The topological polar surface area (TPSA) is 173 Å². The Labute approximate surface area is 340 Å². The summed E-state index contributed by atoms with van der Waals surface area (Å²) in [6.45, 7) is 22.5. The summed E-state index contributed by atoms with van der Waals surface area (Å²) < 4.78 is 11.1. The lowest BCUT2D eigenvalue weighted by atomic mass is 9.80. The molecular formula is C46H59N5O7. The Bertz CT molecular complexity index is 2370. The average Bonchev–Trinajstić information content (AvgIpc) is 3.89. The molecule has 0 spiro atoms. The van der Waals surface area contributed by atoms with Gasteiger partial charge in [-0.15, -0.1) is 0 Å². The normalized spacial score (nSPS) is 19.6. The number of carbonyl (C=O) groups excluding carboxylic acids is 5. The Hall–Kier alpha value is -5.13. The van der Waals surface area contributed by atoms with Gasteiger partial charge >= 0.3 is 11.9 Å². The molecule has 3 aromatic heterocycles. The highest BCUT2D eigenvalue weighted by Crippen LogP contribution is 2.45. The summed E-state index contributed by atoms with van der Waals surface area (Å²) >= 11 is 0. The van der Waals surface area contributed by atoms with Crippen LogP contribution in [0, 0.1) is 13.8 Å². The first-order valence-corrected chi connectivity index (χ1v) is 20.6. The number of nitrogens with one attached hydrogen (secondary N) is 3. The van der Waals surface area contributed by atoms with Gasteiger partial charge in [0.2, 0.25) is 5.91 Å². The number of rotatable bonds is 10. The van der Waals surface area contributed by atoms with E-state index < -0.39 is 40.5 Å². The first-order chi connectivity index (χ1) is 27.1. The van der Waals surface area contributed by atoms with Gasteiger partial charge in [0.15, 0.2) is 12.1 Å². The molecule has 8 bridgehead atoms. The van der Waals surface area contributed by atoms with Crippen molar-refractivity contribution in [1.29, 1.82) is 0 Å². The first-order valence-electron chi connectivity index (χ1n) is 20.6. The van der Waals surface area contributed by atoms with E-state index in [0.29, 0.717) is 53.8 Å². The van der Waals surface area contributed by atoms with Crippen molar-refractivity contribution < 1.29 is 33.4 Å². The second kappa shape index (κ2) is 15.6. The number of amides is 1. The van der Waals surface area contributed by atoms with E-state index in [1.807, 2.05) is 39.8 Å². The van der Waals surface area contributed by atoms with Crippen molar-refractivity contribution in [3.05, 3.63) is 68.3 Å². The van der Waals surface area contributed by atoms with E-state index in [1.165, 1.54) is 0 Å². The minimum Gasteiger partial charge on any atom is -0.460 e. The van der Waals surface area contributed by atoms with Gasteiger partial charge in [-0.3, -0.25) is 24.2 Å². The second-order valence-corrected chi connectivity index (χ2v) is 18.3. The van der Waals surface area contributed by atoms with Crippen LogP contribution in [-0.4, -0.2) is 67.1 Å². The summed E-state index contributed by atoms with van der Waals surface area (Å²) in [6.07, 6.45) is 3.60. The predicted molar refractivity (Wildman–Crippen MR) is 223 cm³/mol. The maximum Gasteiger partial charge on any atom is 0.329 e. The maximum absolute atomic E-state index is 14.1. The number of H-pyrrole nitrogens is 2. The Morgan fingerprint density at radius 2 is 1.59 bits per heavy atom. The van der Waals surface area contributed by atoms with Crippen LogP contribution in [0.15, 0.2) is 12.1 Å². The number of fused-ring (bicyclic) bond motifs is 8. The minimum absolute atomic E-state index is 0.0195. The number of aryl methyl sites for hydroxylation is 5. The monoisotopic (exact) mass is 793 g/mol. The van der Waals surface area contributed by atoms with Crippen LogP contribution in [0.3, 0.4) is 0 Å². The number of nitrogens with zero attached hydrogens (tertiary/aromatic N) is 2. The van der Waals surface area contributed by atoms with Crippen molar-refractivity contribution in [3.8, 4) is 0 Å². The molecule has 3 aromatic rings. The number of aldehydes is 1. The minimum atomic E-state index is -1.24. The van der Waals surface area contributed by atoms with E-state index in [0.717, 1.165) is 62.8 Å². The third-order valence-corrected chi connectivity index (χ3v) is 12.0. The number of ketones is 1. The number of aromatic nitrogens is 4. The molecule has 0 saturated carbocycles. The van der Waals surface area contributed by atoms with Crippen LogP contribution in [0.5, 0.6) is 0 Å². The quantitative estimate of drug-likeness (QED) is 0.135. The van der Waals surface area contributed by atoms with Gasteiger partial charge in [0.05, 0.1) is 34.3 Å². The van der Waals surface area contributed by atoms with Crippen molar-refractivity contribution in [3.63, 3.8) is 0 Å². The lowest BCUT2D eigenvalue weighted by Crippen LogP contribution is -2.46. The Kier molecular flexibility index (Phi) is 11.4. The zero-order chi connectivity index (χ0) is 42.6. The van der Waals surface area contributed by atoms with Crippen LogP contribution in [0.1, 0.15) is 173 Å². The van der Waals surface area contributed by atoms with Crippen LogP contribution in [0.4, 0.5) is 0 Å². The van der Waals surface area contributed by atoms with Crippen LogP contribution < -0.4 is 5.32 Å². The highest BCUT2D eigenvalue weighted by Gasteiger charge is 2.41. The lowest BCUT2D eigenvalue weighted by Gasteiger charge is -2.26. The molecule has 310 valence electrons. The summed E-state index contributed by atoms with van der Waals surface area (Å²) in [6, 6.07) is 2.59. The SMILES string of the molecule is CCc1c(C)c2[nH]c1cc1nc(cc3[nH]c4c(c5nc(c2C=O)[C@@H](C)[C@@H]5CCC(=O)N[C@@H](CC(=O)OC(C)(C)C)C(=O)OC(C)(C)C)CCc4c3C)C(=O)C1(C)CC. The summed E-state index contributed by atoms with van der Waals surface area (Å²) in [5.74, 6) is -2.32. The van der Waals surface area contributed by atoms with E-state index in [1.54, 1.807) is 41.5 Å². The summed E-state index contributed by atoms with van der Waals surface area (Å²) in [4.78, 5) is 84.6. The van der Waals surface area contributed by atoms with Crippen molar-refractivity contribution in [2.45, 2.75) is 163 Å². The van der Waals surface area contributed by atoms with Crippen LogP contribution in [-0.2, 0) is 48.5 Å². The number of aromatic amines is 2. The Balaban J connectivity index is 1.48. The molecule has 12 nitrogen and oxygen atoms in total. The summed E-state index contributed by atoms with van der Waals surface area (Å²) in [5, 5.41) is 2.76. The molecule has 4 atom stereocenters. The van der Waals surface area contributed by atoms with Crippen LogP contribution >= 0.6 is 0 Å². The fourth-order valence-electron chi connectivity index (χ4n) is 8.75. The van der Waals surface area contributed by atoms with Gasteiger partial charge in [0, 0.05) is 40.5 Å². The number of ether oxygens (including phenoxy) is 2.